The Bertz CT molecular complexity index is 1060. The van der Waals surface area contributed by atoms with Gasteiger partial charge in [-0.15, -0.1) is 0 Å². The molecule has 0 aliphatic heterocycles. The first-order chi connectivity index (χ1) is 17.2. The minimum atomic E-state index is -0.945. The zero-order valence-electron chi connectivity index (χ0n) is 22.8. The van der Waals surface area contributed by atoms with Gasteiger partial charge >= 0.3 is 5.97 Å². The van der Waals surface area contributed by atoms with E-state index in [4.69, 9.17) is 15.6 Å². The lowest BCUT2D eigenvalue weighted by Crippen LogP contribution is -2.39. The van der Waals surface area contributed by atoms with Crippen LogP contribution in [0.15, 0.2) is 42.5 Å². The van der Waals surface area contributed by atoms with Crippen molar-refractivity contribution in [2.45, 2.75) is 85.0 Å². The monoisotopic (exact) mass is 514 g/mol. The molecule has 0 saturated heterocycles. The molecule has 8 heteroatoms. The number of nitro groups is 1. The average Bonchev–Trinajstić information content (AvgIpc) is 2.81. The maximum absolute atomic E-state index is 11.4. The molecule has 1 unspecified atom stereocenters. The van der Waals surface area contributed by atoms with Crippen LogP contribution in [0.4, 0.5) is 5.69 Å². The Morgan fingerprint density at radius 1 is 1.11 bits per heavy atom. The quantitative estimate of drug-likeness (QED) is 0.238. The molecule has 2 aromatic rings. The van der Waals surface area contributed by atoms with E-state index in [1.54, 1.807) is 25.1 Å². The van der Waals surface area contributed by atoms with Gasteiger partial charge in [-0.1, -0.05) is 65.8 Å². The SMILES string of the molecule is CC(C[C@H](O)[C@@H](N)C[C@H](Cc1ccc(C(C)(C)C)c(OCc2ccccc2[N+](=O)[O-])c1)C(C)C)C(=O)O. The summed E-state index contributed by atoms with van der Waals surface area (Å²) in [4.78, 5) is 22.2. The number of para-hydroxylation sites is 1. The van der Waals surface area contributed by atoms with Crippen LogP contribution in [-0.2, 0) is 23.2 Å². The van der Waals surface area contributed by atoms with E-state index in [0.29, 0.717) is 24.2 Å². The maximum atomic E-state index is 11.4. The van der Waals surface area contributed by atoms with Crippen molar-refractivity contribution in [2.24, 2.45) is 23.5 Å². The normalized spacial score (nSPS) is 15.2. The molecule has 0 amide bonds. The highest BCUT2D eigenvalue weighted by Crippen LogP contribution is 2.35. The largest absolute Gasteiger partial charge is 0.488 e. The molecular formula is C29H42N2O6. The zero-order chi connectivity index (χ0) is 27.9. The molecule has 0 aromatic heterocycles. The summed E-state index contributed by atoms with van der Waals surface area (Å²) in [6.45, 7) is 12.1. The number of carboxylic acids is 1. The molecule has 0 aliphatic rings. The van der Waals surface area contributed by atoms with Crippen molar-refractivity contribution in [1.29, 1.82) is 0 Å². The van der Waals surface area contributed by atoms with Gasteiger partial charge in [0.1, 0.15) is 12.4 Å². The molecule has 4 atom stereocenters. The van der Waals surface area contributed by atoms with Crippen LogP contribution in [0.3, 0.4) is 0 Å². The molecular weight excluding hydrogens is 472 g/mol. The second-order valence-electron chi connectivity index (χ2n) is 11.4. The van der Waals surface area contributed by atoms with Gasteiger partial charge in [-0.25, -0.2) is 0 Å². The highest BCUT2D eigenvalue weighted by atomic mass is 16.6. The number of carboxylic acid groups (broad SMARTS) is 1. The van der Waals surface area contributed by atoms with E-state index < -0.39 is 29.0 Å². The van der Waals surface area contributed by atoms with Gasteiger partial charge in [0.05, 0.1) is 22.5 Å². The fourth-order valence-corrected chi connectivity index (χ4v) is 4.44. The Morgan fingerprint density at radius 2 is 1.76 bits per heavy atom. The number of rotatable bonds is 13. The van der Waals surface area contributed by atoms with Gasteiger partial charge in [0.2, 0.25) is 0 Å². The predicted octanol–water partition coefficient (Wildman–Crippen LogP) is 5.48. The number of aliphatic carboxylic acids is 1. The van der Waals surface area contributed by atoms with Crippen LogP contribution in [-0.4, -0.2) is 33.3 Å². The average molecular weight is 515 g/mol. The first-order valence-corrected chi connectivity index (χ1v) is 12.9. The second kappa shape index (κ2) is 13.0. The predicted molar refractivity (Wildman–Crippen MR) is 145 cm³/mol. The Balaban J connectivity index is 2.25. The van der Waals surface area contributed by atoms with Crippen molar-refractivity contribution in [3.05, 3.63) is 69.3 Å². The lowest BCUT2D eigenvalue weighted by molar-refractivity contribution is -0.385. The van der Waals surface area contributed by atoms with Crippen molar-refractivity contribution >= 4 is 11.7 Å². The summed E-state index contributed by atoms with van der Waals surface area (Å²) < 4.78 is 6.18. The molecule has 37 heavy (non-hydrogen) atoms. The minimum absolute atomic E-state index is 0.0283. The van der Waals surface area contributed by atoms with Gasteiger partial charge < -0.3 is 20.7 Å². The van der Waals surface area contributed by atoms with E-state index in [-0.39, 0.29) is 36.0 Å². The number of aliphatic hydroxyl groups is 1. The van der Waals surface area contributed by atoms with Crippen LogP contribution >= 0.6 is 0 Å². The van der Waals surface area contributed by atoms with Crippen LogP contribution in [0.2, 0.25) is 0 Å². The van der Waals surface area contributed by atoms with E-state index in [2.05, 4.69) is 40.7 Å². The smallest absolute Gasteiger partial charge is 0.306 e. The second-order valence-corrected chi connectivity index (χ2v) is 11.4. The molecule has 2 rings (SSSR count). The summed E-state index contributed by atoms with van der Waals surface area (Å²) in [6, 6.07) is 12.2. The van der Waals surface area contributed by atoms with Gasteiger partial charge in [0.25, 0.3) is 5.69 Å². The van der Waals surface area contributed by atoms with E-state index in [0.717, 1.165) is 11.1 Å². The van der Waals surface area contributed by atoms with Gasteiger partial charge in [-0.3, -0.25) is 14.9 Å². The molecule has 0 radical (unpaired) electrons. The zero-order valence-corrected chi connectivity index (χ0v) is 22.8. The number of nitrogens with zero attached hydrogens (tertiary/aromatic N) is 1. The van der Waals surface area contributed by atoms with E-state index in [9.17, 15) is 20.0 Å². The molecule has 4 N–H and O–H groups in total. The van der Waals surface area contributed by atoms with Gasteiger partial charge in [-0.2, -0.15) is 0 Å². The number of hydrogen-bond donors (Lipinski definition) is 3. The first-order valence-electron chi connectivity index (χ1n) is 12.9. The number of ether oxygens (including phenoxy) is 1. The first kappa shape index (κ1) is 30.3. The molecule has 204 valence electrons. The number of carbonyl (C=O) groups is 1. The van der Waals surface area contributed by atoms with Crippen molar-refractivity contribution in [1.82, 2.24) is 0 Å². The topological polar surface area (TPSA) is 136 Å². The molecule has 0 spiro atoms. The number of nitro benzene ring substituents is 1. The highest BCUT2D eigenvalue weighted by Gasteiger charge is 2.27. The molecule has 0 bridgehead atoms. The molecule has 0 aliphatic carbocycles. The summed E-state index contributed by atoms with van der Waals surface area (Å²) in [6.07, 6.45) is 0.485. The Morgan fingerprint density at radius 3 is 2.32 bits per heavy atom. The summed E-state index contributed by atoms with van der Waals surface area (Å²) in [5, 5.41) is 31.1. The van der Waals surface area contributed by atoms with Gasteiger partial charge in [0.15, 0.2) is 0 Å². The third-order valence-corrected chi connectivity index (χ3v) is 6.95. The molecule has 0 heterocycles. The van der Waals surface area contributed by atoms with E-state index in [1.165, 1.54) is 6.07 Å². The lowest BCUT2D eigenvalue weighted by atomic mass is 9.81. The fourth-order valence-electron chi connectivity index (χ4n) is 4.44. The van der Waals surface area contributed by atoms with E-state index >= 15 is 0 Å². The fraction of sp³-hybridized carbons (Fsp3) is 0.552. The number of benzene rings is 2. The maximum Gasteiger partial charge on any atom is 0.306 e. The van der Waals surface area contributed by atoms with Crippen LogP contribution in [0.1, 0.15) is 71.1 Å². The van der Waals surface area contributed by atoms with Gasteiger partial charge in [0, 0.05) is 12.1 Å². The van der Waals surface area contributed by atoms with Crippen LogP contribution in [0.5, 0.6) is 5.75 Å². The molecule has 2 aromatic carbocycles. The summed E-state index contributed by atoms with van der Waals surface area (Å²) >= 11 is 0. The molecule has 0 fully saturated rings. The van der Waals surface area contributed by atoms with Gasteiger partial charge in [-0.05, 0) is 59.8 Å². The Kier molecular flexibility index (Phi) is 10.6. The Hall–Kier alpha value is -2.97. The van der Waals surface area contributed by atoms with Crippen LogP contribution < -0.4 is 10.5 Å². The standard InChI is InChI=1S/C29H42N2O6/c1-18(2)22(16-24(30)26(32)13-19(3)28(33)34)14-20-11-12-23(29(4,5)6)27(15-20)37-17-21-9-7-8-10-25(21)31(35)36/h7-12,15,18-19,22,24,26,32H,13-14,16-17,30H2,1-6H3,(H,33,34)/t19?,22-,24-,26-/m0/s1. The van der Waals surface area contributed by atoms with Crippen molar-refractivity contribution in [2.75, 3.05) is 0 Å². The highest BCUT2D eigenvalue weighted by molar-refractivity contribution is 5.69. The molecule has 0 saturated carbocycles. The summed E-state index contributed by atoms with van der Waals surface area (Å²) in [5.74, 6) is -0.477. The van der Waals surface area contributed by atoms with Crippen molar-refractivity contribution < 1.29 is 24.7 Å². The van der Waals surface area contributed by atoms with Crippen molar-refractivity contribution in [3.63, 3.8) is 0 Å². The Labute approximate surface area is 220 Å². The van der Waals surface area contributed by atoms with Crippen molar-refractivity contribution in [3.8, 4) is 5.75 Å². The van der Waals surface area contributed by atoms with E-state index in [1.807, 2.05) is 12.1 Å². The third-order valence-electron chi connectivity index (χ3n) is 6.95. The number of hydrogen-bond acceptors (Lipinski definition) is 6. The number of aliphatic hydroxyl groups excluding tert-OH is 1. The minimum Gasteiger partial charge on any atom is -0.488 e. The summed E-state index contributed by atoms with van der Waals surface area (Å²) in [5.41, 5.74) is 8.69. The van der Waals surface area contributed by atoms with Crippen LogP contribution in [0.25, 0.3) is 0 Å². The third kappa shape index (κ3) is 8.83. The molecule has 8 nitrogen and oxygen atoms in total. The summed E-state index contributed by atoms with van der Waals surface area (Å²) in [7, 11) is 0. The van der Waals surface area contributed by atoms with Crippen LogP contribution in [0, 0.1) is 27.9 Å². The lowest BCUT2D eigenvalue weighted by Gasteiger charge is -2.28. The number of nitrogens with two attached hydrogens (primary N) is 1.